The average Bonchev–Trinajstić information content (AvgIpc) is 2.73. The van der Waals surface area contributed by atoms with Crippen LogP contribution in [0.2, 0.25) is 0 Å². The summed E-state index contributed by atoms with van der Waals surface area (Å²) in [7, 11) is -1.74. The summed E-state index contributed by atoms with van der Waals surface area (Å²) in [5.74, 6) is -0.347. The van der Waals surface area contributed by atoms with Crippen LogP contribution in [-0.2, 0) is 14.8 Å². The quantitative estimate of drug-likeness (QED) is 0.746. The molecule has 28 heavy (non-hydrogen) atoms. The van der Waals surface area contributed by atoms with Crippen molar-refractivity contribution in [1.82, 2.24) is 14.1 Å². The van der Waals surface area contributed by atoms with Crippen molar-refractivity contribution >= 4 is 15.9 Å². The standard InChI is InChI=1S/C20H30FN3O3S/c1-16(20(25)22(2)18-6-4-3-5-7-18)23-12-14-24(15-13-23)28(26,27)19-10-8-17(21)9-11-19/h8-11,16,18H,3-7,12-15H2,1-2H3/t16-/m0/s1. The lowest BCUT2D eigenvalue weighted by Crippen LogP contribution is -2.56. The van der Waals surface area contributed by atoms with Gasteiger partial charge in [-0.3, -0.25) is 9.69 Å². The first-order valence-corrected chi connectivity index (χ1v) is 11.5. The Bertz CT molecular complexity index is 770. The molecule has 2 aliphatic rings. The number of halogens is 1. The molecule has 1 aromatic carbocycles. The molecule has 0 N–H and O–H groups in total. The van der Waals surface area contributed by atoms with Crippen molar-refractivity contribution in [3.63, 3.8) is 0 Å². The zero-order chi connectivity index (χ0) is 20.3. The van der Waals surface area contributed by atoms with Gasteiger partial charge in [0.25, 0.3) is 0 Å². The van der Waals surface area contributed by atoms with Gasteiger partial charge in [0.1, 0.15) is 5.82 Å². The van der Waals surface area contributed by atoms with E-state index in [1.165, 1.54) is 35.7 Å². The molecule has 1 atom stereocenters. The van der Waals surface area contributed by atoms with E-state index in [0.29, 0.717) is 32.2 Å². The molecule has 0 aromatic heterocycles. The number of rotatable bonds is 5. The summed E-state index contributed by atoms with van der Waals surface area (Å²) in [6.45, 7) is 3.57. The predicted molar refractivity (Wildman–Crippen MR) is 106 cm³/mol. The van der Waals surface area contributed by atoms with E-state index in [1.54, 1.807) is 0 Å². The van der Waals surface area contributed by atoms with Gasteiger partial charge in [-0.05, 0) is 44.0 Å². The molecule has 1 aliphatic carbocycles. The Morgan fingerprint density at radius 3 is 2.21 bits per heavy atom. The van der Waals surface area contributed by atoms with Crippen LogP contribution in [0.4, 0.5) is 4.39 Å². The molecule has 1 amide bonds. The van der Waals surface area contributed by atoms with Crippen molar-refractivity contribution in [3.8, 4) is 0 Å². The van der Waals surface area contributed by atoms with Crippen LogP contribution in [0.5, 0.6) is 0 Å². The molecule has 0 unspecified atom stereocenters. The summed E-state index contributed by atoms with van der Waals surface area (Å²) in [4.78, 5) is 16.9. The van der Waals surface area contributed by atoms with Gasteiger partial charge in [-0.25, -0.2) is 12.8 Å². The first-order valence-electron chi connectivity index (χ1n) is 10.1. The van der Waals surface area contributed by atoms with Gasteiger partial charge in [0, 0.05) is 39.3 Å². The van der Waals surface area contributed by atoms with Crippen molar-refractivity contribution in [2.24, 2.45) is 0 Å². The number of hydrogen-bond acceptors (Lipinski definition) is 4. The smallest absolute Gasteiger partial charge is 0.243 e. The maximum absolute atomic E-state index is 13.1. The highest BCUT2D eigenvalue weighted by atomic mass is 32.2. The van der Waals surface area contributed by atoms with E-state index < -0.39 is 15.8 Å². The van der Waals surface area contributed by atoms with Crippen LogP contribution in [0, 0.1) is 5.82 Å². The number of amides is 1. The van der Waals surface area contributed by atoms with Gasteiger partial charge in [0.15, 0.2) is 0 Å². The molecule has 0 bridgehead atoms. The highest BCUT2D eigenvalue weighted by molar-refractivity contribution is 7.89. The molecular formula is C20H30FN3O3S. The Morgan fingerprint density at radius 2 is 1.64 bits per heavy atom. The van der Waals surface area contributed by atoms with Crippen molar-refractivity contribution < 1.29 is 17.6 Å². The van der Waals surface area contributed by atoms with Crippen molar-refractivity contribution in [3.05, 3.63) is 30.1 Å². The molecule has 0 spiro atoms. The minimum absolute atomic E-state index is 0.100. The summed E-state index contributed by atoms with van der Waals surface area (Å²) >= 11 is 0. The number of benzene rings is 1. The molecular weight excluding hydrogens is 381 g/mol. The second-order valence-electron chi connectivity index (χ2n) is 7.81. The number of carbonyl (C=O) groups excluding carboxylic acids is 1. The molecule has 156 valence electrons. The van der Waals surface area contributed by atoms with Crippen LogP contribution in [0.15, 0.2) is 29.2 Å². The zero-order valence-corrected chi connectivity index (χ0v) is 17.5. The third-order valence-electron chi connectivity index (χ3n) is 6.10. The van der Waals surface area contributed by atoms with Crippen molar-refractivity contribution in [2.75, 3.05) is 33.2 Å². The molecule has 0 radical (unpaired) electrons. The van der Waals surface area contributed by atoms with Crippen molar-refractivity contribution in [1.29, 1.82) is 0 Å². The molecule has 1 saturated carbocycles. The molecule has 2 fully saturated rings. The fourth-order valence-corrected chi connectivity index (χ4v) is 5.61. The van der Waals surface area contributed by atoms with Gasteiger partial charge < -0.3 is 4.90 Å². The molecule has 8 heteroatoms. The van der Waals surface area contributed by atoms with E-state index in [0.717, 1.165) is 25.0 Å². The summed E-state index contributed by atoms with van der Waals surface area (Å²) in [6, 6.07) is 4.96. The molecule has 1 aromatic rings. The van der Waals surface area contributed by atoms with E-state index in [2.05, 4.69) is 4.90 Å². The largest absolute Gasteiger partial charge is 0.341 e. The summed E-state index contributed by atoms with van der Waals surface area (Å²) < 4.78 is 40.0. The summed E-state index contributed by atoms with van der Waals surface area (Å²) in [5.41, 5.74) is 0. The zero-order valence-electron chi connectivity index (χ0n) is 16.7. The lowest BCUT2D eigenvalue weighted by molar-refractivity contribution is -0.138. The van der Waals surface area contributed by atoms with Gasteiger partial charge in [-0.2, -0.15) is 4.31 Å². The number of piperazine rings is 1. The summed E-state index contributed by atoms with van der Waals surface area (Å²) in [6.07, 6.45) is 5.74. The van der Waals surface area contributed by atoms with E-state index in [4.69, 9.17) is 0 Å². The number of nitrogens with zero attached hydrogens (tertiary/aromatic N) is 3. The van der Waals surface area contributed by atoms with Crippen LogP contribution in [0.3, 0.4) is 0 Å². The SMILES string of the molecule is C[C@@H](C(=O)N(C)C1CCCCC1)N1CCN(S(=O)(=O)c2ccc(F)cc2)CC1. The monoisotopic (exact) mass is 411 g/mol. The van der Waals surface area contributed by atoms with E-state index in [9.17, 15) is 17.6 Å². The van der Waals surface area contributed by atoms with Crippen LogP contribution in [-0.4, -0.2) is 73.7 Å². The number of hydrogen-bond donors (Lipinski definition) is 0. The fourth-order valence-electron chi connectivity index (χ4n) is 4.19. The Hall–Kier alpha value is -1.51. The Labute approximate surface area is 167 Å². The molecule has 3 rings (SSSR count). The van der Waals surface area contributed by atoms with E-state index in [-0.39, 0.29) is 16.8 Å². The topological polar surface area (TPSA) is 60.9 Å². The van der Waals surface area contributed by atoms with Crippen LogP contribution in [0.1, 0.15) is 39.0 Å². The minimum Gasteiger partial charge on any atom is -0.341 e. The van der Waals surface area contributed by atoms with E-state index >= 15 is 0 Å². The maximum Gasteiger partial charge on any atom is 0.243 e. The van der Waals surface area contributed by atoms with Crippen LogP contribution < -0.4 is 0 Å². The first kappa shape index (κ1) is 21.2. The highest BCUT2D eigenvalue weighted by Crippen LogP contribution is 2.23. The van der Waals surface area contributed by atoms with E-state index in [1.807, 2.05) is 18.9 Å². The second kappa shape index (κ2) is 8.88. The van der Waals surface area contributed by atoms with Crippen LogP contribution >= 0.6 is 0 Å². The van der Waals surface area contributed by atoms with Gasteiger partial charge in [0.05, 0.1) is 10.9 Å². The summed E-state index contributed by atoms with van der Waals surface area (Å²) in [5, 5.41) is 0. The van der Waals surface area contributed by atoms with Gasteiger partial charge in [-0.1, -0.05) is 19.3 Å². The number of likely N-dealkylation sites (N-methyl/N-ethyl adjacent to an activating group) is 1. The highest BCUT2D eigenvalue weighted by Gasteiger charge is 2.34. The third-order valence-corrected chi connectivity index (χ3v) is 8.01. The first-order chi connectivity index (χ1) is 13.3. The molecule has 1 saturated heterocycles. The second-order valence-corrected chi connectivity index (χ2v) is 9.75. The fraction of sp³-hybridized carbons (Fsp3) is 0.650. The predicted octanol–water partition coefficient (Wildman–Crippen LogP) is 2.31. The Morgan fingerprint density at radius 1 is 1.07 bits per heavy atom. The normalized spacial score (nSPS) is 21.4. The average molecular weight is 412 g/mol. The maximum atomic E-state index is 13.1. The minimum atomic E-state index is -3.64. The van der Waals surface area contributed by atoms with Gasteiger partial charge in [0.2, 0.25) is 15.9 Å². The lowest BCUT2D eigenvalue weighted by atomic mass is 9.94. The number of carbonyl (C=O) groups is 1. The molecule has 1 aliphatic heterocycles. The van der Waals surface area contributed by atoms with Crippen LogP contribution in [0.25, 0.3) is 0 Å². The van der Waals surface area contributed by atoms with Gasteiger partial charge >= 0.3 is 0 Å². The van der Waals surface area contributed by atoms with Crippen molar-refractivity contribution in [2.45, 2.75) is 56.0 Å². The number of sulfonamides is 1. The Kier molecular flexibility index (Phi) is 6.73. The Balaban J connectivity index is 1.58. The molecule has 1 heterocycles. The third kappa shape index (κ3) is 4.55. The van der Waals surface area contributed by atoms with Gasteiger partial charge in [-0.15, -0.1) is 0 Å². The molecule has 6 nitrogen and oxygen atoms in total. The lowest BCUT2D eigenvalue weighted by Gasteiger charge is -2.39.